The fourth-order valence-corrected chi connectivity index (χ4v) is 3.25. The molecule has 1 saturated heterocycles. The third-order valence-electron chi connectivity index (χ3n) is 4.28. The van der Waals surface area contributed by atoms with E-state index in [0.717, 1.165) is 29.5 Å². The lowest BCUT2D eigenvalue weighted by Gasteiger charge is -2.24. The number of hydrogen-bond donors (Lipinski definition) is 0. The van der Waals surface area contributed by atoms with E-state index in [1.165, 1.54) is 0 Å². The number of nitrogens with zero attached hydrogens (tertiary/aromatic N) is 2. The van der Waals surface area contributed by atoms with Crippen molar-refractivity contribution in [2.24, 2.45) is 0 Å². The quantitative estimate of drug-likeness (QED) is 0.688. The van der Waals surface area contributed by atoms with Crippen LogP contribution in [0.5, 0.6) is 5.75 Å². The highest BCUT2D eigenvalue weighted by atomic mass is 35.5. The van der Waals surface area contributed by atoms with Gasteiger partial charge in [-0.15, -0.1) is 0 Å². The summed E-state index contributed by atoms with van der Waals surface area (Å²) in [5.74, 6) is 0.582. The Balaban J connectivity index is 1.73. The number of halogens is 1. The SMILES string of the molecule is N#Cc1cc(-c2c(Cl)cnc3ccoc23)ccc1OC1CCOCC1. The molecule has 25 heavy (non-hydrogen) atoms. The molecule has 0 unspecified atom stereocenters. The molecule has 3 heterocycles. The standard InChI is InChI=1S/C19H15ClN2O3/c20-15-11-22-16-5-8-24-19(16)18(15)12-1-2-17(13(9-12)10-21)25-14-3-6-23-7-4-14/h1-2,5,8-9,11,14H,3-4,6-7H2. The Labute approximate surface area is 149 Å². The van der Waals surface area contributed by atoms with E-state index in [1.54, 1.807) is 24.6 Å². The second kappa shape index (κ2) is 6.75. The lowest BCUT2D eigenvalue weighted by Crippen LogP contribution is -2.26. The molecule has 1 aliphatic heterocycles. The molecular weight excluding hydrogens is 340 g/mol. The number of ether oxygens (including phenoxy) is 2. The lowest BCUT2D eigenvalue weighted by molar-refractivity contribution is 0.0254. The largest absolute Gasteiger partial charge is 0.489 e. The van der Waals surface area contributed by atoms with Gasteiger partial charge in [-0.2, -0.15) is 5.26 Å². The van der Waals surface area contributed by atoms with E-state index >= 15 is 0 Å². The molecular formula is C19H15ClN2O3. The minimum Gasteiger partial charge on any atom is -0.489 e. The highest BCUT2D eigenvalue weighted by Gasteiger charge is 2.19. The van der Waals surface area contributed by atoms with Crippen LogP contribution in [0.15, 0.2) is 41.1 Å². The molecule has 0 N–H and O–H groups in total. The number of pyridine rings is 1. The summed E-state index contributed by atoms with van der Waals surface area (Å²) in [5, 5.41) is 10.0. The van der Waals surface area contributed by atoms with Gasteiger partial charge in [0.1, 0.15) is 23.4 Å². The fourth-order valence-electron chi connectivity index (χ4n) is 3.01. The first-order valence-corrected chi connectivity index (χ1v) is 8.44. The van der Waals surface area contributed by atoms with Gasteiger partial charge in [0.05, 0.1) is 30.1 Å². The Kier molecular flexibility index (Phi) is 4.31. The Hall–Kier alpha value is -2.55. The molecule has 3 aromatic rings. The van der Waals surface area contributed by atoms with Gasteiger partial charge in [0.2, 0.25) is 0 Å². The number of nitriles is 1. The zero-order chi connectivity index (χ0) is 17.2. The van der Waals surface area contributed by atoms with Crippen LogP contribution in [-0.4, -0.2) is 24.3 Å². The van der Waals surface area contributed by atoms with Crippen LogP contribution < -0.4 is 4.74 Å². The van der Waals surface area contributed by atoms with E-state index in [-0.39, 0.29) is 6.10 Å². The van der Waals surface area contributed by atoms with Crippen molar-refractivity contribution in [1.82, 2.24) is 4.98 Å². The van der Waals surface area contributed by atoms with Crippen molar-refractivity contribution >= 4 is 22.7 Å². The van der Waals surface area contributed by atoms with Crippen LogP contribution in [0, 0.1) is 11.3 Å². The van der Waals surface area contributed by atoms with E-state index in [0.29, 0.717) is 35.1 Å². The van der Waals surface area contributed by atoms with Gasteiger partial charge in [-0.25, -0.2) is 0 Å². The van der Waals surface area contributed by atoms with Crippen LogP contribution >= 0.6 is 11.6 Å². The van der Waals surface area contributed by atoms with Crippen LogP contribution in [0.2, 0.25) is 5.02 Å². The van der Waals surface area contributed by atoms with Crippen LogP contribution in [0.3, 0.4) is 0 Å². The van der Waals surface area contributed by atoms with Gasteiger partial charge in [0.15, 0.2) is 5.58 Å². The second-order valence-corrected chi connectivity index (χ2v) is 6.28. The van der Waals surface area contributed by atoms with Crippen LogP contribution in [0.25, 0.3) is 22.2 Å². The number of benzene rings is 1. The minimum absolute atomic E-state index is 0.0768. The van der Waals surface area contributed by atoms with Crippen molar-refractivity contribution in [3.05, 3.63) is 47.3 Å². The molecule has 0 aliphatic carbocycles. The van der Waals surface area contributed by atoms with Gasteiger partial charge in [0, 0.05) is 30.7 Å². The first-order chi connectivity index (χ1) is 12.3. The van der Waals surface area contributed by atoms with Gasteiger partial charge in [0.25, 0.3) is 0 Å². The molecule has 0 radical (unpaired) electrons. The molecule has 0 saturated carbocycles. The van der Waals surface area contributed by atoms with E-state index in [2.05, 4.69) is 11.1 Å². The monoisotopic (exact) mass is 354 g/mol. The molecule has 0 atom stereocenters. The number of fused-ring (bicyclic) bond motifs is 1. The van der Waals surface area contributed by atoms with E-state index in [4.69, 9.17) is 25.5 Å². The lowest BCUT2D eigenvalue weighted by atomic mass is 10.0. The van der Waals surface area contributed by atoms with E-state index < -0.39 is 0 Å². The third kappa shape index (κ3) is 3.07. The summed E-state index contributed by atoms with van der Waals surface area (Å²) in [6, 6.07) is 9.47. The van der Waals surface area contributed by atoms with Crippen molar-refractivity contribution in [2.45, 2.75) is 18.9 Å². The molecule has 0 spiro atoms. The normalized spacial score (nSPS) is 15.2. The number of furan rings is 1. The van der Waals surface area contributed by atoms with Crippen molar-refractivity contribution in [1.29, 1.82) is 5.26 Å². The van der Waals surface area contributed by atoms with Crippen molar-refractivity contribution in [2.75, 3.05) is 13.2 Å². The summed E-state index contributed by atoms with van der Waals surface area (Å²) in [6.07, 6.45) is 4.90. The average molecular weight is 355 g/mol. The maximum atomic E-state index is 9.54. The predicted molar refractivity (Wildman–Crippen MR) is 93.6 cm³/mol. The molecule has 0 amide bonds. The molecule has 6 heteroatoms. The number of aromatic nitrogens is 1. The fraction of sp³-hybridized carbons (Fsp3) is 0.263. The maximum Gasteiger partial charge on any atom is 0.161 e. The number of hydrogen-bond acceptors (Lipinski definition) is 5. The maximum absolute atomic E-state index is 9.54. The van der Waals surface area contributed by atoms with Gasteiger partial charge >= 0.3 is 0 Å². The highest BCUT2D eigenvalue weighted by molar-refractivity contribution is 6.34. The Morgan fingerprint density at radius 2 is 2.08 bits per heavy atom. The van der Waals surface area contributed by atoms with Crippen molar-refractivity contribution in [3.8, 4) is 22.9 Å². The van der Waals surface area contributed by atoms with Gasteiger partial charge in [-0.05, 0) is 17.7 Å². The topological polar surface area (TPSA) is 68.3 Å². The molecule has 126 valence electrons. The van der Waals surface area contributed by atoms with Crippen LogP contribution in [0.4, 0.5) is 0 Å². The molecule has 1 fully saturated rings. The third-order valence-corrected chi connectivity index (χ3v) is 4.56. The molecule has 5 nitrogen and oxygen atoms in total. The van der Waals surface area contributed by atoms with Crippen LogP contribution in [-0.2, 0) is 4.74 Å². The Morgan fingerprint density at radius 1 is 1.24 bits per heavy atom. The predicted octanol–water partition coefficient (Wildman–Crippen LogP) is 4.58. The number of rotatable bonds is 3. The van der Waals surface area contributed by atoms with E-state index in [1.807, 2.05) is 12.1 Å². The highest BCUT2D eigenvalue weighted by Crippen LogP contribution is 2.36. The van der Waals surface area contributed by atoms with Gasteiger partial charge in [-0.1, -0.05) is 17.7 Å². The summed E-state index contributed by atoms with van der Waals surface area (Å²) < 4.78 is 16.9. The molecule has 1 aromatic carbocycles. The van der Waals surface area contributed by atoms with Crippen LogP contribution in [0.1, 0.15) is 18.4 Å². The molecule has 1 aliphatic rings. The first-order valence-electron chi connectivity index (χ1n) is 8.07. The minimum atomic E-state index is 0.0768. The summed E-state index contributed by atoms with van der Waals surface area (Å²) in [7, 11) is 0. The average Bonchev–Trinajstić information content (AvgIpc) is 3.12. The molecule has 0 bridgehead atoms. The summed E-state index contributed by atoms with van der Waals surface area (Å²) >= 11 is 6.34. The molecule has 2 aromatic heterocycles. The zero-order valence-electron chi connectivity index (χ0n) is 13.4. The van der Waals surface area contributed by atoms with Gasteiger partial charge < -0.3 is 13.9 Å². The summed E-state index contributed by atoms with van der Waals surface area (Å²) in [5.41, 5.74) is 3.32. The summed E-state index contributed by atoms with van der Waals surface area (Å²) in [6.45, 7) is 1.38. The Bertz CT molecular complexity index is 955. The Morgan fingerprint density at radius 3 is 2.88 bits per heavy atom. The van der Waals surface area contributed by atoms with E-state index in [9.17, 15) is 5.26 Å². The smallest absolute Gasteiger partial charge is 0.161 e. The van der Waals surface area contributed by atoms with Gasteiger partial charge in [-0.3, -0.25) is 4.98 Å². The van der Waals surface area contributed by atoms with Crippen molar-refractivity contribution < 1.29 is 13.9 Å². The summed E-state index contributed by atoms with van der Waals surface area (Å²) in [4.78, 5) is 4.24. The first kappa shape index (κ1) is 15.9. The second-order valence-electron chi connectivity index (χ2n) is 5.87. The zero-order valence-corrected chi connectivity index (χ0v) is 14.1. The molecule has 4 rings (SSSR count). The van der Waals surface area contributed by atoms with Crippen molar-refractivity contribution in [3.63, 3.8) is 0 Å².